The quantitative estimate of drug-likeness (QED) is 0.699. The van der Waals surface area contributed by atoms with Crippen molar-refractivity contribution in [3.63, 3.8) is 0 Å². The van der Waals surface area contributed by atoms with Crippen LogP contribution in [0.2, 0.25) is 0 Å². The molecule has 0 radical (unpaired) electrons. The number of imide groups is 1. The molecule has 5 nitrogen and oxygen atoms in total. The van der Waals surface area contributed by atoms with Crippen molar-refractivity contribution < 1.29 is 27.5 Å². The van der Waals surface area contributed by atoms with E-state index in [-0.39, 0.29) is 17.0 Å². The topological polar surface area (TPSA) is 58.6 Å². The largest absolute Gasteiger partial charge is 0.493 e. The van der Waals surface area contributed by atoms with E-state index in [1.807, 2.05) is 13.8 Å². The Kier molecular flexibility index (Phi) is 5.87. The third-order valence-corrected chi connectivity index (χ3v) is 4.47. The number of hydrogen-bond donors (Lipinski definition) is 1. The second kappa shape index (κ2) is 8.22. The first-order valence-electron chi connectivity index (χ1n) is 9.32. The zero-order valence-electron chi connectivity index (χ0n) is 16.7. The Labute approximate surface area is 172 Å². The fourth-order valence-corrected chi connectivity index (χ4v) is 2.92. The van der Waals surface area contributed by atoms with Crippen molar-refractivity contribution in [1.82, 2.24) is 4.90 Å². The number of anilines is 1. The van der Waals surface area contributed by atoms with E-state index in [2.05, 4.69) is 5.32 Å². The highest BCUT2D eigenvalue weighted by Gasteiger charge is 2.37. The van der Waals surface area contributed by atoms with Gasteiger partial charge in [-0.1, -0.05) is 32.0 Å². The Hall–Kier alpha value is -3.29. The fraction of sp³-hybridized carbons (Fsp3) is 0.273. The van der Waals surface area contributed by atoms with Crippen LogP contribution in [0.5, 0.6) is 5.75 Å². The minimum absolute atomic E-state index is 0.0608. The van der Waals surface area contributed by atoms with Gasteiger partial charge in [-0.3, -0.25) is 14.5 Å². The molecule has 0 aromatic heterocycles. The molecule has 0 atom stereocenters. The summed E-state index contributed by atoms with van der Waals surface area (Å²) in [7, 11) is 1.33. The van der Waals surface area contributed by atoms with Crippen molar-refractivity contribution in [2.75, 3.05) is 19.0 Å². The highest BCUT2D eigenvalue weighted by molar-refractivity contribution is 6.36. The SMILES string of the molecule is CC(C)COc1ccc(C2=C(Nc3cccc(C(F)(F)F)c3)C(=O)N(C)C2=O)cc1. The molecule has 158 valence electrons. The predicted octanol–water partition coefficient (Wildman–Crippen LogP) is 4.56. The average Bonchev–Trinajstić information content (AvgIpc) is 2.90. The van der Waals surface area contributed by atoms with Crippen LogP contribution in [-0.4, -0.2) is 30.4 Å². The molecule has 0 bridgehead atoms. The van der Waals surface area contributed by atoms with Gasteiger partial charge in [0, 0.05) is 12.7 Å². The first-order chi connectivity index (χ1) is 14.1. The molecule has 1 aliphatic rings. The van der Waals surface area contributed by atoms with Gasteiger partial charge in [0.25, 0.3) is 11.8 Å². The van der Waals surface area contributed by atoms with Gasteiger partial charge in [-0.2, -0.15) is 13.2 Å². The van der Waals surface area contributed by atoms with Crippen LogP contribution in [0.3, 0.4) is 0 Å². The molecule has 0 saturated heterocycles. The Morgan fingerprint density at radius 2 is 1.70 bits per heavy atom. The number of carbonyl (C=O) groups is 2. The lowest BCUT2D eigenvalue weighted by molar-refractivity contribution is -0.137. The van der Waals surface area contributed by atoms with E-state index in [1.165, 1.54) is 19.2 Å². The van der Waals surface area contributed by atoms with E-state index in [9.17, 15) is 22.8 Å². The normalized spacial score (nSPS) is 14.7. The number of amides is 2. The van der Waals surface area contributed by atoms with Crippen LogP contribution in [-0.2, 0) is 15.8 Å². The van der Waals surface area contributed by atoms with Gasteiger partial charge in [0.15, 0.2) is 0 Å². The molecule has 3 rings (SSSR count). The van der Waals surface area contributed by atoms with E-state index in [1.54, 1.807) is 24.3 Å². The summed E-state index contributed by atoms with van der Waals surface area (Å²) in [4.78, 5) is 26.1. The van der Waals surface area contributed by atoms with Gasteiger partial charge in [-0.25, -0.2) is 0 Å². The maximum absolute atomic E-state index is 13.0. The van der Waals surface area contributed by atoms with E-state index >= 15 is 0 Å². The number of nitrogens with one attached hydrogen (secondary N) is 1. The molecule has 0 saturated carbocycles. The van der Waals surface area contributed by atoms with Crippen LogP contribution in [0.4, 0.5) is 18.9 Å². The maximum atomic E-state index is 13.0. The zero-order valence-corrected chi connectivity index (χ0v) is 16.7. The van der Waals surface area contributed by atoms with Crippen LogP contribution >= 0.6 is 0 Å². The molecule has 1 aliphatic heterocycles. The number of likely N-dealkylation sites (N-methyl/N-ethyl adjacent to an activating group) is 1. The molecular formula is C22H21F3N2O3. The number of halogens is 3. The minimum atomic E-state index is -4.52. The molecule has 0 fully saturated rings. The molecule has 1 N–H and O–H groups in total. The van der Waals surface area contributed by atoms with Crippen LogP contribution in [0.25, 0.3) is 5.57 Å². The average molecular weight is 418 g/mol. The summed E-state index contributed by atoms with van der Waals surface area (Å²) in [6.45, 7) is 4.57. The number of rotatable bonds is 6. The first-order valence-corrected chi connectivity index (χ1v) is 9.32. The Bertz CT molecular complexity index is 995. The standard InChI is InChI=1S/C22H21F3N2O3/c1-13(2)12-30-17-9-7-14(8-10-17)18-19(21(29)27(3)20(18)28)26-16-6-4-5-15(11-16)22(23,24)25/h4-11,13,26H,12H2,1-3H3. The maximum Gasteiger partial charge on any atom is 0.416 e. The number of hydrogen-bond acceptors (Lipinski definition) is 4. The highest BCUT2D eigenvalue weighted by Crippen LogP contribution is 2.33. The van der Waals surface area contributed by atoms with Crippen molar-refractivity contribution >= 4 is 23.1 Å². The molecule has 1 heterocycles. The van der Waals surface area contributed by atoms with E-state index in [0.29, 0.717) is 23.8 Å². The molecule has 2 aromatic carbocycles. The second-order valence-electron chi connectivity index (χ2n) is 7.35. The molecule has 0 spiro atoms. The van der Waals surface area contributed by atoms with Gasteiger partial charge in [-0.05, 0) is 41.8 Å². The summed E-state index contributed by atoms with van der Waals surface area (Å²) in [6.07, 6.45) is -4.52. The van der Waals surface area contributed by atoms with Gasteiger partial charge >= 0.3 is 6.18 Å². The lowest BCUT2D eigenvalue weighted by atomic mass is 10.0. The van der Waals surface area contributed by atoms with Gasteiger partial charge in [0.1, 0.15) is 11.4 Å². The van der Waals surface area contributed by atoms with Crippen molar-refractivity contribution in [2.45, 2.75) is 20.0 Å². The second-order valence-corrected chi connectivity index (χ2v) is 7.35. The monoisotopic (exact) mass is 418 g/mol. The van der Waals surface area contributed by atoms with Gasteiger partial charge in [0.2, 0.25) is 0 Å². The molecule has 0 unspecified atom stereocenters. The summed E-state index contributed by atoms with van der Waals surface area (Å²) >= 11 is 0. The number of nitrogens with zero attached hydrogens (tertiary/aromatic N) is 1. The van der Waals surface area contributed by atoms with Gasteiger partial charge in [-0.15, -0.1) is 0 Å². The molecule has 30 heavy (non-hydrogen) atoms. The third kappa shape index (κ3) is 4.48. The molecule has 8 heteroatoms. The molecule has 2 amide bonds. The summed E-state index contributed by atoms with van der Waals surface area (Å²) in [5.74, 6) is -0.193. The number of benzene rings is 2. The summed E-state index contributed by atoms with van der Waals surface area (Å²) in [6, 6.07) is 11.1. The fourth-order valence-electron chi connectivity index (χ4n) is 2.92. The van der Waals surface area contributed by atoms with Crippen molar-refractivity contribution in [1.29, 1.82) is 0 Å². The lowest BCUT2D eigenvalue weighted by Crippen LogP contribution is -2.27. The number of ether oxygens (including phenoxy) is 1. The smallest absolute Gasteiger partial charge is 0.416 e. The van der Waals surface area contributed by atoms with Crippen LogP contribution in [0, 0.1) is 5.92 Å². The Morgan fingerprint density at radius 3 is 2.30 bits per heavy atom. The van der Waals surface area contributed by atoms with Crippen LogP contribution in [0.1, 0.15) is 25.0 Å². The molecule has 0 aliphatic carbocycles. The third-order valence-electron chi connectivity index (χ3n) is 4.47. The van der Waals surface area contributed by atoms with Crippen LogP contribution in [0.15, 0.2) is 54.2 Å². The lowest BCUT2D eigenvalue weighted by Gasteiger charge is -2.12. The molecular weight excluding hydrogens is 397 g/mol. The van der Waals surface area contributed by atoms with E-state index in [0.717, 1.165) is 17.0 Å². The summed E-state index contributed by atoms with van der Waals surface area (Å²) in [5.41, 5.74) is -0.311. The summed E-state index contributed by atoms with van der Waals surface area (Å²) < 4.78 is 44.6. The van der Waals surface area contributed by atoms with E-state index < -0.39 is 23.6 Å². The Balaban J connectivity index is 1.95. The van der Waals surface area contributed by atoms with E-state index in [4.69, 9.17) is 4.74 Å². The van der Waals surface area contributed by atoms with Crippen LogP contribution < -0.4 is 10.1 Å². The zero-order chi connectivity index (χ0) is 22.1. The van der Waals surface area contributed by atoms with Gasteiger partial charge in [0.05, 0.1) is 17.7 Å². The minimum Gasteiger partial charge on any atom is -0.493 e. The summed E-state index contributed by atoms with van der Waals surface area (Å²) in [5, 5.41) is 2.70. The number of carbonyl (C=O) groups excluding carboxylic acids is 2. The first kappa shape index (κ1) is 21.4. The number of alkyl halides is 3. The van der Waals surface area contributed by atoms with Gasteiger partial charge < -0.3 is 10.1 Å². The molecule has 2 aromatic rings. The Morgan fingerprint density at radius 1 is 1.03 bits per heavy atom. The highest BCUT2D eigenvalue weighted by atomic mass is 19.4. The van der Waals surface area contributed by atoms with Crippen molar-refractivity contribution in [3.8, 4) is 5.75 Å². The van der Waals surface area contributed by atoms with Crippen molar-refractivity contribution in [2.24, 2.45) is 5.92 Å². The van der Waals surface area contributed by atoms with Crippen molar-refractivity contribution in [3.05, 3.63) is 65.4 Å². The predicted molar refractivity (Wildman–Crippen MR) is 107 cm³/mol.